The number of pyridine rings is 1. The van der Waals surface area contributed by atoms with Crippen LogP contribution in [0.3, 0.4) is 0 Å². The molecular formula is C18H22N2O3. The SMILES string of the molecule is CCc1nc2ccccc2c(C(=O)O[C@H](C)C(=O)N(C)C)c1C. The molecule has 0 aliphatic rings. The van der Waals surface area contributed by atoms with Crippen LogP contribution in [-0.2, 0) is 16.0 Å². The Labute approximate surface area is 136 Å². The van der Waals surface area contributed by atoms with Crippen molar-refractivity contribution < 1.29 is 14.3 Å². The third kappa shape index (κ3) is 3.33. The Hall–Kier alpha value is -2.43. The molecule has 0 aliphatic carbocycles. The van der Waals surface area contributed by atoms with Gasteiger partial charge in [0.05, 0.1) is 11.1 Å². The van der Waals surface area contributed by atoms with Crippen LogP contribution in [0, 0.1) is 6.92 Å². The molecule has 2 rings (SSSR count). The van der Waals surface area contributed by atoms with Crippen molar-refractivity contribution in [3.8, 4) is 0 Å². The van der Waals surface area contributed by atoms with E-state index in [1.165, 1.54) is 4.90 Å². The van der Waals surface area contributed by atoms with Crippen LogP contribution in [-0.4, -0.2) is 42.0 Å². The summed E-state index contributed by atoms with van der Waals surface area (Å²) in [7, 11) is 3.27. The smallest absolute Gasteiger partial charge is 0.339 e. The highest BCUT2D eigenvalue weighted by atomic mass is 16.5. The maximum absolute atomic E-state index is 12.7. The van der Waals surface area contributed by atoms with Crippen LogP contribution < -0.4 is 0 Å². The van der Waals surface area contributed by atoms with E-state index in [1.807, 2.05) is 38.1 Å². The molecule has 0 unspecified atom stereocenters. The van der Waals surface area contributed by atoms with Crippen molar-refractivity contribution in [1.29, 1.82) is 0 Å². The summed E-state index contributed by atoms with van der Waals surface area (Å²) in [6.07, 6.45) is -0.0998. The van der Waals surface area contributed by atoms with E-state index in [9.17, 15) is 9.59 Å². The highest BCUT2D eigenvalue weighted by Crippen LogP contribution is 2.24. The molecule has 1 aromatic carbocycles. The number of likely N-dealkylation sites (N-methyl/N-ethyl adjacent to an activating group) is 1. The molecule has 0 radical (unpaired) electrons. The molecule has 5 nitrogen and oxygen atoms in total. The van der Waals surface area contributed by atoms with E-state index in [4.69, 9.17) is 4.74 Å². The number of nitrogens with zero attached hydrogens (tertiary/aromatic N) is 2. The Morgan fingerprint density at radius 1 is 1.26 bits per heavy atom. The van der Waals surface area contributed by atoms with Crippen molar-refractivity contribution in [2.24, 2.45) is 0 Å². The molecule has 0 N–H and O–H groups in total. The van der Waals surface area contributed by atoms with Gasteiger partial charge in [-0.25, -0.2) is 4.79 Å². The zero-order valence-corrected chi connectivity index (χ0v) is 14.2. The number of rotatable bonds is 4. The monoisotopic (exact) mass is 314 g/mol. The summed E-state index contributed by atoms with van der Waals surface area (Å²) < 4.78 is 5.39. The molecule has 23 heavy (non-hydrogen) atoms. The minimum absolute atomic E-state index is 0.245. The van der Waals surface area contributed by atoms with Gasteiger partial charge in [0.2, 0.25) is 0 Å². The van der Waals surface area contributed by atoms with Gasteiger partial charge in [-0.15, -0.1) is 0 Å². The van der Waals surface area contributed by atoms with Crippen LogP contribution >= 0.6 is 0 Å². The number of carbonyl (C=O) groups is 2. The largest absolute Gasteiger partial charge is 0.449 e. The highest BCUT2D eigenvalue weighted by molar-refractivity contribution is 6.05. The third-order valence-corrected chi connectivity index (χ3v) is 3.85. The van der Waals surface area contributed by atoms with E-state index in [2.05, 4.69) is 4.98 Å². The number of hydrogen-bond acceptors (Lipinski definition) is 4. The molecule has 0 saturated carbocycles. The van der Waals surface area contributed by atoms with E-state index >= 15 is 0 Å². The molecule has 0 spiro atoms. The Kier molecular flexibility index (Phi) is 4.98. The van der Waals surface area contributed by atoms with Gasteiger partial charge in [0.15, 0.2) is 6.10 Å². The molecule has 1 heterocycles. The lowest BCUT2D eigenvalue weighted by Crippen LogP contribution is -2.35. The first kappa shape index (κ1) is 16.9. The number of amides is 1. The Bertz CT molecular complexity index is 753. The van der Waals surface area contributed by atoms with E-state index in [0.29, 0.717) is 5.56 Å². The first-order valence-electron chi connectivity index (χ1n) is 7.67. The van der Waals surface area contributed by atoms with Crippen LogP contribution in [0.2, 0.25) is 0 Å². The summed E-state index contributed by atoms with van der Waals surface area (Å²) >= 11 is 0. The van der Waals surface area contributed by atoms with Crippen LogP contribution in [0.1, 0.15) is 35.5 Å². The number of aromatic nitrogens is 1. The number of ether oxygens (including phenoxy) is 1. The second kappa shape index (κ2) is 6.77. The quantitative estimate of drug-likeness (QED) is 0.814. The van der Waals surface area contributed by atoms with E-state index in [-0.39, 0.29) is 5.91 Å². The van der Waals surface area contributed by atoms with Crippen molar-refractivity contribution in [3.05, 3.63) is 41.1 Å². The average molecular weight is 314 g/mol. The fraction of sp³-hybridized carbons (Fsp3) is 0.389. The number of hydrogen-bond donors (Lipinski definition) is 0. The van der Waals surface area contributed by atoms with Gasteiger partial charge < -0.3 is 9.64 Å². The van der Waals surface area contributed by atoms with E-state index < -0.39 is 12.1 Å². The van der Waals surface area contributed by atoms with Gasteiger partial charge in [-0.2, -0.15) is 0 Å². The number of fused-ring (bicyclic) bond motifs is 1. The van der Waals surface area contributed by atoms with Gasteiger partial charge in [-0.3, -0.25) is 9.78 Å². The zero-order valence-electron chi connectivity index (χ0n) is 14.2. The third-order valence-electron chi connectivity index (χ3n) is 3.85. The molecule has 0 bridgehead atoms. The fourth-order valence-corrected chi connectivity index (χ4v) is 2.60. The number of aryl methyl sites for hydroxylation is 1. The van der Waals surface area contributed by atoms with Crippen molar-refractivity contribution in [1.82, 2.24) is 9.88 Å². The predicted molar refractivity (Wildman–Crippen MR) is 89.4 cm³/mol. The Balaban J connectivity index is 2.47. The lowest BCUT2D eigenvalue weighted by molar-refractivity contribution is -0.137. The van der Waals surface area contributed by atoms with Crippen molar-refractivity contribution in [2.45, 2.75) is 33.3 Å². The number of para-hydroxylation sites is 1. The molecule has 0 saturated heterocycles. The normalized spacial score (nSPS) is 12.0. The number of benzene rings is 1. The summed E-state index contributed by atoms with van der Waals surface area (Å²) in [4.78, 5) is 30.6. The highest BCUT2D eigenvalue weighted by Gasteiger charge is 2.24. The maximum Gasteiger partial charge on any atom is 0.339 e. The summed E-state index contributed by atoms with van der Waals surface area (Å²) in [6.45, 7) is 5.45. The van der Waals surface area contributed by atoms with Gasteiger partial charge in [-0.05, 0) is 31.9 Å². The van der Waals surface area contributed by atoms with Crippen molar-refractivity contribution >= 4 is 22.8 Å². The summed E-state index contributed by atoms with van der Waals surface area (Å²) in [5.74, 6) is -0.733. The molecule has 122 valence electrons. The maximum atomic E-state index is 12.7. The first-order chi connectivity index (χ1) is 10.9. The lowest BCUT2D eigenvalue weighted by atomic mass is 10.0. The topological polar surface area (TPSA) is 59.5 Å². The second-order valence-corrected chi connectivity index (χ2v) is 5.71. The lowest BCUT2D eigenvalue weighted by Gasteiger charge is -2.19. The van der Waals surface area contributed by atoms with Crippen molar-refractivity contribution in [2.75, 3.05) is 14.1 Å². The summed E-state index contributed by atoms with van der Waals surface area (Å²) in [5.41, 5.74) is 2.92. The molecule has 1 aromatic heterocycles. The predicted octanol–water partition coefficient (Wildman–Crippen LogP) is 2.74. The van der Waals surface area contributed by atoms with Gasteiger partial charge in [0.1, 0.15) is 0 Å². The molecule has 0 fully saturated rings. The second-order valence-electron chi connectivity index (χ2n) is 5.71. The molecule has 0 aliphatic heterocycles. The van der Waals surface area contributed by atoms with Crippen LogP contribution in [0.25, 0.3) is 10.9 Å². The fourth-order valence-electron chi connectivity index (χ4n) is 2.60. The number of carbonyl (C=O) groups excluding carboxylic acids is 2. The van der Waals surface area contributed by atoms with Gasteiger partial charge in [-0.1, -0.05) is 25.1 Å². The number of esters is 1. The standard InChI is InChI=1S/C18H22N2O3/c1-6-14-11(2)16(13-9-7-8-10-15(13)19-14)18(22)23-12(3)17(21)20(4)5/h7-10,12H,6H2,1-5H3/t12-/m1/s1. The van der Waals surface area contributed by atoms with E-state index in [0.717, 1.165) is 28.6 Å². The van der Waals surface area contributed by atoms with Gasteiger partial charge in [0.25, 0.3) is 5.91 Å². The zero-order chi connectivity index (χ0) is 17.1. The molecular weight excluding hydrogens is 292 g/mol. The van der Waals surface area contributed by atoms with Crippen LogP contribution in [0.15, 0.2) is 24.3 Å². The average Bonchev–Trinajstić information content (AvgIpc) is 2.52. The first-order valence-corrected chi connectivity index (χ1v) is 7.67. The van der Waals surface area contributed by atoms with Crippen molar-refractivity contribution in [3.63, 3.8) is 0 Å². The Morgan fingerprint density at radius 3 is 2.52 bits per heavy atom. The van der Waals surface area contributed by atoms with Crippen LogP contribution in [0.5, 0.6) is 0 Å². The molecule has 1 amide bonds. The summed E-state index contributed by atoms with van der Waals surface area (Å²) in [5, 5.41) is 0.747. The molecule has 1 atom stereocenters. The minimum atomic E-state index is -0.825. The molecule has 5 heteroatoms. The molecule has 2 aromatic rings. The van der Waals surface area contributed by atoms with Gasteiger partial charge >= 0.3 is 5.97 Å². The van der Waals surface area contributed by atoms with Gasteiger partial charge in [0, 0.05) is 25.2 Å². The minimum Gasteiger partial charge on any atom is -0.449 e. The van der Waals surface area contributed by atoms with Crippen LogP contribution in [0.4, 0.5) is 0 Å². The van der Waals surface area contributed by atoms with E-state index in [1.54, 1.807) is 21.0 Å². The summed E-state index contributed by atoms with van der Waals surface area (Å²) in [6, 6.07) is 7.47. The Morgan fingerprint density at radius 2 is 1.91 bits per heavy atom.